The molecule has 1 aliphatic heterocycles. The Labute approximate surface area is 177 Å². The fourth-order valence-corrected chi connectivity index (χ4v) is 5.99. The Hall–Kier alpha value is -2.89. The Morgan fingerprint density at radius 3 is 2.20 bits per heavy atom. The lowest BCUT2D eigenvalue weighted by Gasteiger charge is -2.35. The van der Waals surface area contributed by atoms with Gasteiger partial charge in [-0.15, -0.1) is 0 Å². The first-order chi connectivity index (χ1) is 14.4. The van der Waals surface area contributed by atoms with E-state index in [0.29, 0.717) is 17.9 Å². The summed E-state index contributed by atoms with van der Waals surface area (Å²) >= 11 is 0. The minimum absolute atomic E-state index is 0.338. The first-order valence-electron chi connectivity index (χ1n) is 10.2. The molecule has 0 bridgehead atoms. The Bertz CT molecular complexity index is 1320. The van der Waals surface area contributed by atoms with Crippen LogP contribution in [0.25, 0.3) is 10.9 Å². The van der Waals surface area contributed by atoms with Gasteiger partial charge in [-0.1, -0.05) is 65.7 Å². The van der Waals surface area contributed by atoms with Crippen molar-refractivity contribution >= 4 is 20.9 Å². The first kappa shape index (κ1) is 19.1. The molecule has 0 fully saturated rings. The van der Waals surface area contributed by atoms with E-state index < -0.39 is 10.0 Å². The van der Waals surface area contributed by atoms with Gasteiger partial charge < -0.3 is 4.98 Å². The van der Waals surface area contributed by atoms with Gasteiger partial charge in [0.2, 0.25) is 10.0 Å². The number of nitrogens with one attached hydrogen (secondary N) is 1. The average Bonchev–Trinajstić information content (AvgIpc) is 3.13. The third-order valence-electron chi connectivity index (χ3n) is 6.01. The molecule has 5 heteroatoms. The predicted molar refractivity (Wildman–Crippen MR) is 120 cm³/mol. The molecule has 0 aliphatic carbocycles. The number of sulfonamides is 1. The van der Waals surface area contributed by atoms with E-state index in [0.717, 1.165) is 27.9 Å². The van der Waals surface area contributed by atoms with Crippen molar-refractivity contribution < 1.29 is 8.42 Å². The second-order valence-corrected chi connectivity index (χ2v) is 9.95. The number of aromatic amines is 1. The quantitative estimate of drug-likeness (QED) is 0.504. The summed E-state index contributed by atoms with van der Waals surface area (Å²) in [5, 5.41) is 1.18. The minimum Gasteiger partial charge on any atom is -0.357 e. The maximum atomic E-state index is 13.7. The maximum absolute atomic E-state index is 13.7. The summed E-state index contributed by atoms with van der Waals surface area (Å²) in [6.45, 7) is 4.45. The van der Waals surface area contributed by atoms with E-state index >= 15 is 0 Å². The molecule has 0 unspecified atom stereocenters. The average molecular weight is 417 g/mol. The number of nitrogens with zero attached hydrogens (tertiary/aromatic N) is 1. The normalized spacial score (nSPS) is 17.2. The van der Waals surface area contributed by atoms with E-state index in [1.165, 1.54) is 10.9 Å². The van der Waals surface area contributed by atoms with E-state index in [-0.39, 0.29) is 6.04 Å². The van der Waals surface area contributed by atoms with Crippen molar-refractivity contribution in [3.63, 3.8) is 0 Å². The van der Waals surface area contributed by atoms with Crippen molar-refractivity contribution in [1.82, 2.24) is 9.29 Å². The standard InChI is InChI=1S/C25H24N2O2S/c1-17-7-11-19(12-8-17)25-24-22(21-5-3-4-6-23(21)26-24)15-16-27(25)30(28,29)20-13-9-18(2)10-14-20/h3-14,25-26H,15-16H2,1-2H3/t25-/m1/s1. The Morgan fingerprint density at radius 1 is 0.867 bits per heavy atom. The van der Waals surface area contributed by atoms with E-state index in [1.54, 1.807) is 16.4 Å². The molecule has 0 saturated heterocycles. The zero-order valence-electron chi connectivity index (χ0n) is 17.1. The second-order valence-electron chi connectivity index (χ2n) is 8.05. The van der Waals surface area contributed by atoms with Gasteiger partial charge in [0.15, 0.2) is 0 Å². The van der Waals surface area contributed by atoms with Crippen molar-refractivity contribution in [1.29, 1.82) is 0 Å². The van der Waals surface area contributed by atoms with Crippen LogP contribution in [0.5, 0.6) is 0 Å². The molecule has 0 amide bonds. The third-order valence-corrected chi connectivity index (χ3v) is 7.89. The van der Waals surface area contributed by atoms with Gasteiger partial charge in [-0.25, -0.2) is 8.42 Å². The summed E-state index contributed by atoms with van der Waals surface area (Å²) in [4.78, 5) is 3.87. The van der Waals surface area contributed by atoms with Crippen LogP contribution >= 0.6 is 0 Å². The molecule has 30 heavy (non-hydrogen) atoms. The Balaban J connectivity index is 1.70. The lowest BCUT2D eigenvalue weighted by Crippen LogP contribution is -2.40. The summed E-state index contributed by atoms with van der Waals surface area (Å²) < 4.78 is 29.0. The molecule has 152 valence electrons. The monoisotopic (exact) mass is 416 g/mol. The van der Waals surface area contributed by atoms with Gasteiger partial charge in [-0.3, -0.25) is 0 Å². The fraction of sp³-hybridized carbons (Fsp3) is 0.200. The lowest BCUT2D eigenvalue weighted by atomic mass is 9.94. The van der Waals surface area contributed by atoms with Crippen LogP contribution in [0.2, 0.25) is 0 Å². The number of aryl methyl sites for hydroxylation is 2. The summed E-state index contributed by atoms with van der Waals surface area (Å²) in [7, 11) is -3.65. The lowest BCUT2D eigenvalue weighted by molar-refractivity contribution is 0.340. The molecule has 1 N–H and O–H groups in total. The summed E-state index contributed by atoms with van der Waals surface area (Å²) in [5.74, 6) is 0. The van der Waals surface area contributed by atoms with Crippen LogP contribution in [0, 0.1) is 13.8 Å². The van der Waals surface area contributed by atoms with Crippen molar-refractivity contribution in [2.24, 2.45) is 0 Å². The predicted octanol–water partition coefficient (Wildman–Crippen LogP) is 5.12. The van der Waals surface area contributed by atoms with Gasteiger partial charge in [-0.05, 0) is 49.6 Å². The van der Waals surface area contributed by atoms with Crippen LogP contribution in [0.1, 0.15) is 34.0 Å². The maximum Gasteiger partial charge on any atom is 0.244 e. The number of benzene rings is 3. The molecule has 0 spiro atoms. The van der Waals surface area contributed by atoms with E-state index in [1.807, 2.05) is 62.4 Å². The zero-order valence-corrected chi connectivity index (χ0v) is 17.9. The van der Waals surface area contributed by atoms with Crippen molar-refractivity contribution in [2.75, 3.05) is 6.54 Å². The van der Waals surface area contributed by atoms with Crippen LogP contribution in [0.15, 0.2) is 77.7 Å². The van der Waals surface area contributed by atoms with Gasteiger partial charge in [0.05, 0.1) is 10.9 Å². The molecule has 3 aromatic carbocycles. The van der Waals surface area contributed by atoms with Crippen LogP contribution in [-0.4, -0.2) is 24.3 Å². The molecular formula is C25H24N2O2S. The number of aromatic nitrogens is 1. The number of hydrogen-bond donors (Lipinski definition) is 1. The van der Waals surface area contributed by atoms with Gasteiger partial charge in [0.25, 0.3) is 0 Å². The molecule has 0 saturated carbocycles. The van der Waals surface area contributed by atoms with Gasteiger partial charge in [0, 0.05) is 23.1 Å². The van der Waals surface area contributed by atoms with E-state index in [4.69, 9.17) is 0 Å². The Kier molecular flexibility index (Phi) is 4.53. The van der Waals surface area contributed by atoms with Crippen LogP contribution in [0.3, 0.4) is 0 Å². The molecule has 5 rings (SSSR count). The van der Waals surface area contributed by atoms with Gasteiger partial charge in [-0.2, -0.15) is 4.31 Å². The van der Waals surface area contributed by atoms with Gasteiger partial charge in [0.1, 0.15) is 0 Å². The van der Waals surface area contributed by atoms with E-state index in [9.17, 15) is 8.42 Å². The highest BCUT2D eigenvalue weighted by molar-refractivity contribution is 7.89. The van der Waals surface area contributed by atoms with Gasteiger partial charge >= 0.3 is 0 Å². The highest BCUT2D eigenvalue weighted by atomic mass is 32.2. The number of hydrogen-bond acceptors (Lipinski definition) is 2. The Morgan fingerprint density at radius 2 is 1.50 bits per heavy atom. The van der Waals surface area contributed by atoms with Crippen LogP contribution in [-0.2, 0) is 16.4 Å². The number of H-pyrrole nitrogens is 1. The summed E-state index contributed by atoms with van der Waals surface area (Å²) in [5.41, 5.74) is 6.41. The number of fused-ring (bicyclic) bond motifs is 3. The zero-order chi connectivity index (χ0) is 20.9. The molecule has 4 aromatic rings. The smallest absolute Gasteiger partial charge is 0.244 e. The SMILES string of the molecule is Cc1ccc([C@@H]2c3[nH]c4ccccc4c3CCN2S(=O)(=O)c2ccc(C)cc2)cc1. The molecule has 4 nitrogen and oxygen atoms in total. The molecule has 1 aromatic heterocycles. The first-order valence-corrected chi connectivity index (χ1v) is 11.6. The number of para-hydroxylation sites is 1. The van der Waals surface area contributed by atoms with Crippen LogP contribution < -0.4 is 0 Å². The summed E-state index contributed by atoms with van der Waals surface area (Å²) in [6.07, 6.45) is 0.687. The fourth-order valence-electron chi connectivity index (χ4n) is 4.40. The topological polar surface area (TPSA) is 53.2 Å². The molecule has 2 heterocycles. The summed E-state index contributed by atoms with van der Waals surface area (Å²) in [6, 6.07) is 23.1. The van der Waals surface area contributed by atoms with E-state index in [2.05, 4.69) is 17.1 Å². The second kappa shape index (κ2) is 7.11. The van der Waals surface area contributed by atoms with Crippen molar-refractivity contribution in [3.8, 4) is 0 Å². The highest BCUT2D eigenvalue weighted by Gasteiger charge is 2.39. The largest absolute Gasteiger partial charge is 0.357 e. The van der Waals surface area contributed by atoms with Crippen LogP contribution in [0.4, 0.5) is 0 Å². The highest BCUT2D eigenvalue weighted by Crippen LogP contribution is 2.41. The minimum atomic E-state index is -3.65. The molecule has 1 atom stereocenters. The van der Waals surface area contributed by atoms with Crippen molar-refractivity contribution in [3.05, 3.63) is 101 Å². The molecular weight excluding hydrogens is 392 g/mol. The molecule has 1 aliphatic rings. The third kappa shape index (κ3) is 3.06. The van der Waals surface area contributed by atoms with Crippen molar-refractivity contribution in [2.45, 2.75) is 31.2 Å². The number of rotatable bonds is 3. The molecule has 0 radical (unpaired) electrons.